The molecular weight excluding hydrogens is 224 g/mol. The summed E-state index contributed by atoms with van der Waals surface area (Å²) in [6, 6.07) is 11.0. The molecule has 1 aromatic heterocycles. The predicted molar refractivity (Wildman–Crippen MR) is 62.6 cm³/mol. The van der Waals surface area contributed by atoms with Gasteiger partial charge in [0.15, 0.2) is 5.15 Å². The summed E-state index contributed by atoms with van der Waals surface area (Å²) in [6.45, 7) is 3.80. The summed E-state index contributed by atoms with van der Waals surface area (Å²) >= 11 is 5.62. The fourth-order valence-electron chi connectivity index (χ4n) is 1.20. The van der Waals surface area contributed by atoms with Crippen LogP contribution in [0.15, 0.2) is 36.4 Å². The van der Waals surface area contributed by atoms with Gasteiger partial charge in [0.1, 0.15) is 5.75 Å². The molecule has 1 aromatic carbocycles. The van der Waals surface area contributed by atoms with E-state index in [2.05, 4.69) is 17.1 Å². The van der Waals surface area contributed by atoms with Crippen LogP contribution in [0.4, 0.5) is 0 Å². The zero-order valence-corrected chi connectivity index (χ0v) is 9.31. The molecule has 0 aliphatic rings. The van der Waals surface area contributed by atoms with E-state index in [9.17, 15) is 0 Å². The maximum absolute atomic E-state index is 5.62. The van der Waals surface area contributed by atoms with Crippen molar-refractivity contribution in [1.82, 2.24) is 10.2 Å². The Hall–Kier alpha value is -1.61. The van der Waals surface area contributed by atoms with Crippen LogP contribution < -0.4 is 4.74 Å². The van der Waals surface area contributed by atoms with Crippen LogP contribution in [0.25, 0.3) is 0 Å². The minimum Gasteiger partial charge on any atom is -0.438 e. The number of benzene rings is 1. The Kier molecular flexibility index (Phi) is 3.37. The lowest BCUT2D eigenvalue weighted by atomic mass is 10.2. The highest BCUT2D eigenvalue weighted by molar-refractivity contribution is 6.29. The average molecular weight is 234 g/mol. The van der Waals surface area contributed by atoms with Crippen LogP contribution in [0.5, 0.6) is 11.6 Å². The van der Waals surface area contributed by atoms with E-state index in [1.54, 1.807) is 12.1 Å². The number of ether oxygens (including phenoxy) is 1. The Balaban J connectivity index is 2.11. The van der Waals surface area contributed by atoms with Gasteiger partial charge in [0, 0.05) is 6.07 Å². The summed E-state index contributed by atoms with van der Waals surface area (Å²) in [7, 11) is 0. The Labute approximate surface area is 99.0 Å². The zero-order chi connectivity index (χ0) is 11.4. The highest BCUT2D eigenvalue weighted by Crippen LogP contribution is 2.19. The van der Waals surface area contributed by atoms with Gasteiger partial charge in [0.2, 0.25) is 5.88 Å². The molecule has 1 radical (unpaired) electrons. The molecule has 0 spiro atoms. The van der Waals surface area contributed by atoms with E-state index < -0.39 is 0 Å². The predicted octanol–water partition coefficient (Wildman–Crippen LogP) is 3.30. The molecule has 1 heterocycles. The maximum atomic E-state index is 5.62. The number of hydrogen-bond acceptors (Lipinski definition) is 3. The lowest BCUT2D eigenvalue weighted by molar-refractivity contribution is 0.455. The molecule has 0 unspecified atom stereocenters. The Bertz CT molecular complexity index is 453. The molecule has 0 saturated heterocycles. The van der Waals surface area contributed by atoms with Gasteiger partial charge in [-0.3, -0.25) is 0 Å². The first-order valence-corrected chi connectivity index (χ1v) is 5.21. The van der Waals surface area contributed by atoms with Crippen LogP contribution in [0, 0.1) is 6.92 Å². The van der Waals surface area contributed by atoms with Crippen LogP contribution in [-0.2, 0) is 6.42 Å². The maximum Gasteiger partial charge on any atom is 0.238 e. The number of halogens is 1. The van der Waals surface area contributed by atoms with E-state index in [4.69, 9.17) is 16.3 Å². The fraction of sp³-hybridized carbons (Fsp3) is 0.0833. The number of hydrogen-bond donors (Lipinski definition) is 0. The van der Waals surface area contributed by atoms with E-state index in [0.29, 0.717) is 16.8 Å². The van der Waals surface area contributed by atoms with Gasteiger partial charge < -0.3 is 4.74 Å². The Morgan fingerprint density at radius 2 is 1.81 bits per heavy atom. The van der Waals surface area contributed by atoms with Crippen molar-refractivity contribution in [1.29, 1.82) is 0 Å². The molecule has 0 saturated carbocycles. The molecule has 16 heavy (non-hydrogen) atoms. The standard InChI is InChI=1S/C12H10ClN2O/c1-2-9-3-5-10(6-4-9)16-12-8-7-11(13)14-15-12/h3-8H,1-2H2. The molecule has 0 atom stereocenters. The lowest BCUT2D eigenvalue weighted by Crippen LogP contribution is -1.90. The quantitative estimate of drug-likeness (QED) is 0.816. The van der Waals surface area contributed by atoms with Crippen molar-refractivity contribution in [3.8, 4) is 11.6 Å². The summed E-state index contributed by atoms with van der Waals surface area (Å²) in [6.07, 6.45) is 0.765. The number of aromatic nitrogens is 2. The number of rotatable bonds is 3. The topological polar surface area (TPSA) is 35.0 Å². The highest BCUT2D eigenvalue weighted by atomic mass is 35.5. The van der Waals surface area contributed by atoms with Crippen LogP contribution in [0.1, 0.15) is 5.56 Å². The Morgan fingerprint density at radius 1 is 1.06 bits per heavy atom. The first kappa shape index (κ1) is 10.9. The minimum atomic E-state index is 0.347. The molecule has 81 valence electrons. The van der Waals surface area contributed by atoms with Crippen LogP contribution in [0.2, 0.25) is 5.15 Å². The van der Waals surface area contributed by atoms with E-state index >= 15 is 0 Å². The molecule has 2 rings (SSSR count). The molecule has 0 aliphatic heterocycles. The van der Waals surface area contributed by atoms with Gasteiger partial charge in [0.25, 0.3) is 0 Å². The molecule has 2 aromatic rings. The summed E-state index contributed by atoms with van der Waals surface area (Å²) in [5, 5.41) is 7.84. The molecule has 0 bridgehead atoms. The van der Waals surface area contributed by atoms with Gasteiger partial charge >= 0.3 is 0 Å². The number of nitrogens with zero attached hydrogens (tertiary/aromatic N) is 2. The molecule has 0 fully saturated rings. The lowest BCUT2D eigenvalue weighted by Gasteiger charge is -2.04. The van der Waals surface area contributed by atoms with Gasteiger partial charge in [-0.1, -0.05) is 23.7 Å². The molecule has 0 N–H and O–H groups in total. The molecule has 0 aliphatic carbocycles. The van der Waals surface area contributed by atoms with Crippen molar-refractivity contribution in [3.05, 3.63) is 54.0 Å². The van der Waals surface area contributed by atoms with Crippen molar-refractivity contribution in [2.45, 2.75) is 6.42 Å². The van der Waals surface area contributed by atoms with E-state index in [0.717, 1.165) is 12.0 Å². The van der Waals surface area contributed by atoms with Gasteiger partial charge in [-0.05, 0) is 37.1 Å². The molecule has 3 nitrogen and oxygen atoms in total. The van der Waals surface area contributed by atoms with Gasteiger partial charge in [-0.15, -0.1) is 10.2 Å². The van der Waals surface area contributed by atoms with Crippen LogP contribution >= 0.6 is 11.6 Å². The normalized spacial score (nSPS) is 10.1. The highest BCUT2D eigenvalue weighted by Gasteiger charge is 1.99. The second kappa shape index (κ2) is 4.94. The van der Waals surface area contributed by atoms with Crippen LogP contribution in [0.3, 0.4) is 0 Å². The van der Waals surface area contributed by atoms with Crippen molar-refractivity contribution < 1.29 is 4.74 Å². The SMILES string of the molecule is [CH2]Cc1ccc(Oc2ccc(Cl)nn2)cc1. The zero-order valence-electron chi connectivity index (χ0n) is 8.56. The van der Waals surface area contributed by atoms with E-state index in [1.165, 1.54) is 0 Å². The van der Waals surface area contributed by atoms with Gasteiger partial charge in [0.05, 0.1) is 0 Å². The van der Waals surface area contributed by atoms with Crippen molar-refractivity contribution in [2.75, 3.05) is 0 Å². The largest absolute Gasteiger partial charge is 0.438 e. The summed E-state index contributed by atoms with van der Waals surface area (Å²) in [4.78, 5) is 0. The second-order valence-corrected chi connectivity index (χ2v) is 3.58. The van der Waals surface area contributed by atoms with Crippen molar-refractivity contribution in [2.24, 2.45) is 0 Å². The average Bonchev–Trinajstić information content (AvgIpc) is 2.33. The third-order valence-corrected chi connectivity index (χ3v) is 2.24. The summed E-state index contributed by atoms with van der Waals surface area (Å²) in [5.41, 5.74) is 1.16. The first-order chi connectivity index (χ1) is 7.78. The van der Waals surface area contributed by atoms with Crippen molar-refractivity contribution >= 4 is 11.6 Å². The molecule has 0 amide bonds. The monoisotopic (exact) mass is 233 g/mol. The van der Waals surface area contributed by atoms with Crippen LogP contribution in [-0.4, -0.2) is 10.2 Å². The van der Waals surface area contributed by atoms with Crippen molar-refractivity contribution in [3.63, 3.8) is 0 Å². The minimum absolute atomic E-state index is 0.347. The third-order valence-electron chi connectivity index (χ3n) is 2.04. The molecule has 4 heteroatoms. The smallest absolute Gasteiger partial charge is 0.238 e. The first-order valence-electron chi connectivity index (χ1n) is 4.83. The van der Waals surface area contributed by atoms with Gasteiger partial charge in [-0.25, -0.2) is 0 Å². The third kappa shape index (κ3) is 2.70. The van der Waals surface area contributed by atoms with E-state index in [-0.39, 0.29) is 0 Å². The summed E-state index contributed by atoms with van der Waals surface area (Å²) < 4.78 is 5.48. The molecular formula is C12H10ClN2O. The fourth-order valence-corrected chi connectivity index (χ4v) is 1.30. The van der Waals surface area contributed by atoms with E-state index in [1.807, 2.05) is 24.3 Å². The van der Waals surface area contributed by atoms with Gasteiger partial charge in [-0.2, -0.15) is 0 Å². The second-order valence-electron chi connectivity index (χ2n) is 3.19. The Morgan fingerprint density at radius 3 is 2.38 bits per heavy atom. The summed E-state index contributed by atoms with van der Waals surface area (Å²) in [5.74, 6) is 1.14.